The number of benzene rings is 2. The molecule has 1 aliphatic heterocycles. The van der Waals surface area contributed by atoms with Gasteiger partial charge in [-0.1, -0.05) is 18.2 Å². The summed E-state index contributed by atoms with van der Waals surface area (Å²) in [6.45, 7) is 5.28. The first kappa shape index (κ1) is 28.8. The molecule has 0 radical (unpaired) electrons. The van der Waals surface area contributed by atoms with Crippen LogP contribution in [0, 0.1) is 24.4 Å². The molecule has 1 aliphatic rings. The number of ether oxygens (including phenoxy) is 1. The highest BCUT2D eigenvalue weighted by Gasteiger charge is 2.24. The summed E-state index contributed by atoms with van der Waals surface area (Å²) in [4.78, 5) is 13.6. The van der Waals surface area contributed by atoms with Crippen LogP contribution in [0.15, 0.2) is 54.9 Å². The molecule has 1 fully saturated rings. The Morgan fingerprint density at radius 1 is 1.15 bits per heavy atom. The van der Waals surface area contributed by atoms with Gasteiger partial charge in [0.2, 0.25) is 0 Å². The number of nitrogens with one attached hydrogen (secondary N) is 1. The van der Waals surface area contributed by atoms with Crippen LogP contribution in [0.4, 0.5) is 23.8 Å². The maximum atomic E-state index is 14.1. The number of aryl methyl sites for hydroxylation is 1. The lowest BCUT2D eigenvalue weighted by atomic mass is 9.98. The first-order valence-electron chi connectivity index (χ1n) is 12.7. The van der Waals surface area contributed by atoms with Gasteiger partial charge in [-0.3, -0.25) is 10.00 Å². The number of rotatable bonds is 7. The topological polar surface area (TPSA) is 103 Å². The van der Waals surface area contributed by atoms with E-state index in [-0.39, 0.29) is 5.69 Å². The highest BCUT2D eigenvalue weighted by molar-refractivity contribution is 5.89. The van der Waals surface area contributed by atoms with Crippen molar-refractivity contribution in [3.63, 3.8) is 0 Å². The van der Waals surface area contributed by atoms with Crippen molar-refractivity contribution < 1.29 is 22.7 Å². The molecule has 5 rings (SSSR count). The molecule has 2 aromatic carbocycles. The average molecular weight is 556 g/mol. The summed E-state index contributed by atoms with van der Waals surface area (Å²) in [5.41, 5.74) is 8.35. The zero-order valence-corrected chi connectivity index (χ0v) is 22.6. The Morgan fingerprint density at radius 2 is 1.93 bits per heavy atom. The van der Waals surface area contributed by atoms with Crippen LogP contribution in [0.1, 0.15) is 23.5 Å². The summed E-state index contributed by atoms with van der Waals surface area (Å²) in [6.07, 6.45) is 4.43. The SMILES string of the molecule is COCCN1CCC(c2ccc(F)c(F)c2)C1.Cc1c(-c2cnn(C)c2)nn(-c2ccccc2F)c1NC(N)=O. The molecule has 1 unspecified atom stereocenters. The lowest BCUT2D eigenvalue weighted by Gasteiger charge is -2.15. The molecule has 0 bridgehead atoms. The van der Waals surface area contributed by atoms with E-state index >= 15 is 0 Å². The van der Waals surface area contributed by atoms with Crippen LogP contribution >= 0.6 is 0 Å². The minimum absolute atomic E-state index is 0.217. The summed E-state index contributed by atoms with van der Waals surface area (Å²) in [5, 5.41) is 11.0. The van der Waals surface area contributed by atoms with Gasteiger partial charge >= 0.3 is 6.03 Å². The van der Waals surface area contributed by atoms with Crippen molar-refractivity contribution in [1.82, 2.24) is 24.5 Å². The van der Waals surface area contributed by atoms with Crippen molar-refractivity contribution in [1.29, 1.82) is 0 Å². The van der Waals surface area contributed by atoms with E-state index in [1.807, 2.05) is 0 Å². The quantitative estimate of drug-likeness (QED) is 0.347. The molecule has 1 atom stereocenters. The van der Waals surface area contributed by atoms with E-state index in [1.54, 1.807) is 62.4 Å². The number of amides is 2. The molecule has 0 saturated carbocycles. The molecule has 40 heavy (non-hydrogen) atoms. The highest BCUT2D eigenvalue weighted by Crippen LogP contribution is 2.31. The van der Waals surface area contributed by atoms with Crippen LogP contribution < -0.4 is 11.1 Å². The fourth-order valence-corrected chi connectivity index (χ4v) is 4.67. The standard InChI is InChI=1S/C15H15FN6O.C13H17F2NO/c1-9-13(10-7-18-21(2)8-10)20-22(14(9)19-15(17)23)12-6-4-3-5-11(12)16;1-17-7-6-16-5-4-11(9-16)10-2-3-12(14)13(15)8-10/h3-8H,1-2H3,(H3,17,19,23);2-3,8,11H,4-7,9H2,1H3. The predicted molar refractivity (Wildman–Crippen MR) is 146 cm³/mol. The lowest BCUT2D eigenvalue weighted by Crippen LogP contribution is -2.24. The zero-order valence-electron chi connectivity index (χ0n) is 22.6. The molecule has 1 saturated heterocycles. The number of hydrogen-bond acceptors (Lipinski definition) is 5. The summed E-state index contributed by atoms with van der Waals surface area (Å²) < 4.78 is 48.1. The number of primary amides is 1. The van der Waals surface area contributed by atoms with Crippen molar-refractivity contribution >= 4 is 11.8 Å². The number of aromatic nitrogens is 4. The first-order chi connectivity index (χ1) is 19.2. The Labute approximate surface area is 230 Å². The number of nitrogens with zero attached hydrogens (tertiary/aromatic N) is 5. The normalized spacial score (nSPS) is 15.1. The van der Waals surface area contributed by atoms with Gasteiger partial charge in [0.1, 0.15) is 23.0 Å². The molecular weight excluding hydrogens is 523 g/mol. The third-order valence-corrected chi connectivity index (χ3v) is 6.72. The number of hydrogen-bond donors (Lipinski definition) is 2. The van der Waals surface area contributed by atoms with Crippen LogP contribution in [-0.4, -0.2) is 63.8 Å². The van der Waals surface area contributed by atoms with Crippen molar-refractivity contribution in [2.24, 2.45) is 12.8 Å². The molecule has 2 amide bonds. The number of halogens is 3. The van der Waals surface area contributed by atoms with Gasteiger partial charge in [-0.05, 0) is 55.6 Å². The predicted octanol–water partition coefficient (Wildman–Crippen LogP) is 4.61. The molecule has 2 aromatic heterocycles. The van der Waals surface area contributed by atoms with Crippen molar-refractivity contribution in [2.75, 3.05) is 38.7 Å². The van der Waals surface area contributed by atoms with E-state index in [2.05, 4.69) is 20.4 Å². The van der Waals surface area contributed by atoms with E-state index in [1.165, 1.54) is 22.9 Å². The van der Waals surface area contributed by atoms with Gasteiger partial charge in [0.25, 0.3) is 0 Å². The van der Waals surface area contributed by atoms with E-state index in [0.717, 1.165) is 37.2 Å². The van der Waals surface area contributed by atoms with Crippen LogP contribution in [0.5, 0.6) is 0 Å². The number of urea groups is 1. The molecule has 0 aliphatic carbocycles. The smallest absolute Gasteiger partial charge is 0.317 e. The maximum absolute atomic E-state index is 14.1. The molecule has 3 heterocycles. The third-order valence-electron chi connectivity index (χ3n) is 6.72. The van der Waals surface area contributed by atoms with Crippen LogP contribution in [0.3, 0.4) is 0 Å². The van der Waals surface area contributed by atoms with Crippen LogP contribution in [0.2, 0.25) is 0 Å². The lowest BCUT2D eigenvalue weighted by molar-refractivity contribution is 0.160. The van der Waals surface area contributed by atoms with Gasteiger partial charge in [-0.25, -0.2) is 22.6 Å². The summed E-state index contributed by atoms with van der Waals surface area (Å²) >= 11 is 0. The molecule has 12 heteroatoms. The van der Waals surface area contributed by atoms with Gasteiger partial charge in [-0.2, -0.15) is 10.2 Å². The van der Waals surface area contributed by atoms with Gasteiger partial charge in [0.15, 0.2) is 11.6 Å². The second-order valence-electron chi connectivity index (χ2n) is 9.53. The largest absolute Gasteiger partial charge is 0.383 e. The second kappa shape index (κ2) is 12.8. The Bertz CT molecular complexity index is 1470. The molecule has 212 valence electrons. The molecule has 3 N–H and O–H groups in total. The number of methoxy groups -OCH3 is 1. The van der Waals surface area contributed by atoms with E-state index in [9.17, 15) is 18.0 Å². The number of carbonyl (C=O) groups excluding carboxylic acids is 1. The van der Waals surface area contributed by atoms with Crippen LogP contribution in [-0.2, 0) is 11.8 Å². The Kier molecular flexibility index (Phi) is 9.22. The Balaban J connectivity index is 0.000000194. The van der Waals surface area contributed by atoms with Crippen LogP contribution in [0.25, 0.3) is 16.9 Å². The summed E-state index contributed by atoms with van der Waals surface area (Å²) in [5.74, 6) is -1.36. The van der Waals surface area contributed by atoms with Crippen molar-refractivity contribution in [3.05, 3.63) is 83.4 Å². The molecule has 0 spiro atoms. The molecule has 4 aromatic rings. The number of anilines is 1. The number of para-hydroxylation sites is 1. The second-order valence-corrected chi connectivity index (χ2v) is 9.53. The number of nitrogens with two attached hydrogens (primary N) is 1. The third kappa shape index (κ3) is 6.69. The van der Waals surface area contributed by atoms with Gasteiger partial charge < -0.3 is 15.4 Å². The molecule has 9 nitrogen and oxygen atoms in total. The first-order valence-corrected chi connectivity index (χ1v) is 12.7. The van der Waals surface area contributed by atoms with Gasteiger partial charge in [-0.15, -0.1) is 0 Å². The van der Waals surface area contributed by atoms with E-state index in [4.69, 9.17) is 10.5 Å². The Hall–Kier alpha value is -4.16. The summed E-state index contributed by atoms with van der Waals surface area (Å²) in [6, 6.07) is 9.63. The van der Waals surface area contributed by atoms with E-state index < -0.39 is 23.5 Å². The maximum Gasteiger partial charge on any atom is 0.317 e. The zero-order chi connectivity index (χ0) is 28.8. The molecular formula is C28H32F3N7O2. The Morgan fingerprint density at radius 3 is 2.58 bits per heavy atom. The van der Waals surface area contributed by atoms with Crippen molar-refractivity contribution in [2.45, 2.75) is 19.3 Å². The van der Waals surface area contributed by atoms with Gasteiger partial charge in [0, 0.05) is 44.6 Å². The van der Waals surface area contributed by atoms with Crippen molar-refractivity contribution in [3.8, 4) is 16.9 Å². The number of likely N-dealkylation sites (tertiary alicyclic amines) is 1. The summed E-state index contributed by atoms with van der Waals surface area (Å²) in [7, 11) is 3.47. The monoisotopic (exact) mass is 555 g/mol. The van der Waals surface area contributed by atoms with Gasteiger partial charge in [0.05, 0.1) is 12.8 Å². The average Bonchev–Trinajstić information content (AvgIpc) is 3.65. The highest BCUT2D eigenvalue weighted by atomic mass is 19.2. The fourth-order valence-electron chi connectivity index (χ4n) is 4.67. The van der Waals surface area contributed by atoms with E-state index in [0.29, 0.717) is 29.6 Å². The minimum Gasteiger partial charge on any atom is -0.383 e. The fraction of sp³-hybridized carbons (Fsp3) is 0.321. The minimum atomic E-state index is -0.775. The number of carbonyl (C=O) groups is 1.